The van der Waals surface area contributed by atoms with Crippen LogP contribution in [0.1, 0.15) is 25.5 Å². The monoisotopic (exact) mass is 280 g/mol. The second-order valence-electron chi connectivity index (χ2n) is 5.59. The number of aryl methyl sites for hydroxylation is 2. The van der Waals surface area contributed by atoms with Crippen LogP contribution in [-0.2, 0) is 18.2 Å². The maximum Gasteiger partial charge on any atom is 0.0855 e. The van der Waals surface area contributed by atoms with Gasteiger partial charge in [0.15, 0.2) is 0 Å². The van der Waals surface area contributed by atoms with E-state index in [2.05, 4.69) is 28.3 Å². The van der Waals surface area contributed by atoms with Crippen LogP contribution in [0.25, 0.3) is 0 Å². The number of ether oxygens (including phenoxy) is 1. The van der Waals surface area contributed by atoms with E-state index in [-0.39, 0.29) is 0 Å². The Hall–Kier alpha value is -0.910. The summed E-state index contributed by atoms with van der Waals surface area (Å²) in [6.45, 7) is 6.39. The number of aromatic nitrogens is 2. The van der Waals surface area contributed by atoms with E-state index in [0.717, 1.165) is 32.5 Å². The Balaban J connectivity index is 1.85. The van der Waals surface area contributed by atoms with Gasteiger partial charge >= 0.3 is 0 Å². The quantitative estimate of drug-likeness (QED) is 0.811. The largest absolute Gasteiger partial charge is 0.374 e. The third-order valence-electron chi connectivity index (χ3n) is 4.17. The molecule has 0 spiro atoms. The first kappa shape index (κ1) is 15.5. The van der Waals surface area contributed by atoms with E-state index in [1.807, 2.05) is 25.0 Å². The molecule has 1 saturated heterocycles. The number of hydrogen-bond acceptors (Lipinski definition) is 4. The van der Waals surface area contributed by atoms with Gasteiger partial charge in [0.05, 0.1) is 12.7 Å². The van der Waals surface area contributed by atoms with Crippen LogP contribution in [0.2, 0.25) is 0 Å². The highest BCUT2D eigenvalue weighted by molar-refractivity contribution is 5.01. The van der Waals surface area contributed by atoms with Crippen LogP contribution in [0.3, 0.4) is 0 Å². The highest BCUT2D eigenvalue weighted by Gasteiger charge is 2.26. The smallest absolute Gasteiger partial charge is 0.0855 e. The molecule has 0 radical (unpaired) electrons. The second-order valence-corrected chi connectivity index (χ2v) is 5.59. The van der Waals surface area contributed by atoms with Gasteiger partial charge in [0.1, 0.15) is 0 Å². The van der Waals surface area contributed by atoms with Crippen molar-refractivity contribution in [2.45, 2.75) is 38.3 Å². The summed E-state index contributed by atoms with van der Waals surface area (Å²) in [6.07, 6.45) is 5.50. The number of hydrogen-bond donors (Lipinski definition) is 1. The molecule has 1 aliphatic rings. The van der Waals surface area contributed by atoms with Crippen molar-refractivity contribution >= 4 is 0 Å². The van der Waals surface area contributed by atoms with Crippen molar-refractivity contribution in [2.24, 2.45) is 7.05 Å². The van der Waals surface area contributed by atoms with Gasteiger partial charge in [-0.25, -0.2) is 0 Å². The molecule has 1 fully saturated rings. The Kier molecular flexibility index (Phi) is 6.01. The van der Waals surface area contributed by atoms with Gasteiger partial charge in [-0.05, 0) is 38.9 Å². The van der Waals surface area contributed by atoms with Crippen molar-refractivity contribution in [2.75, 3.05) is 33.3 Å². The van der Waals surface area contributed by atoms with E-state index in [1.165, 1.54) is 18.7 Å². The molecule has 20 heavy (non-hydrogen) atoms. The Labute approximate surface area is 122 Å². The van der Waals surface area contributed by atoms with Crippen molar-refractivity contribution in [1.29, 1.82) is 0 Å². The van der Waals surface area contributed by atoms with Crippen molar-refractivity contribution in [3.8, 4) is 0 Å². The van der Waals surface area contributed by atoms with E-state index in [1.54, 1.807) is 0 Å². The highest BCUT2D eigenvalue weighted by Crippen LogP contribution is 2.14. The maximum absolute atomic E-state index is 5.98. The molecule has 1 N–H and O–H groups in total. The lowest BCUT2D eigenvalue weighted by atomic mass is 10.0. The van der Waals surface area contributed by atoms with Crippen molar-refractivity contribution in [3.63, 3.8) is 0 Å². The summed E-state index contributed by atoms with van der Waals surface area (Å²) in [6, 6.07) is 2.50. The van der Waals surface area contributed by atoms with Crippen LogP contribution in [0.4, 0.5) is 0 Å². The molecule has 0 amide bonds. The Bertz CT molecular complexity index is 391. The molecular formula is C15H28N4O. The van der Waals surface area contributed by atoms with Gasteiger partial charge in [-0.3, -0.25) is 9.58 Å². The number of nitrogens with zero attached hydrogens (tertiary/aromatic N) is 3. The summed E-state index contributed by atoms with van der Waals surface area (Å²) >= 11 is 0. The summed E-state index contributed by atoms with van der Waals surface area (Å²) in [5.74, 6) is 0. The summed E-state index contributed by atoms with van der Waals surface area (Å²) in [4.78, 5) is 2.52. The second kappa shape index (κ2) is 7.76. The standard InChI is InChI=1S/C15H28N4O/c1-4-9-19-10-11-20-15(12-19)14(16-2)6-5-13-7-8-17-18(13)3/h7-8,14-16H,4-6,9-12H2,1-3H3. The van der Waals surface area contributed by atoms with Crippen LogP contribution in [-0.4, -0.2) is 60.1 Å². The minimum atomic E-state index is 0.300. The minimum Gasteiger partial charge on any atom is -0.374 e. The Morgan fingerprint density at radius 2 is 2.40 bits per heavy atom. The molecule has 114 valence electrons. The molecule has 5 nitrogen and oxygen atoms in total. The number of nitrogens with one attached hydrogen (secondary N) is 1. The molecule has 2 heterocycles. The number of morpholine rings is 1. The van der Waals surface area contributed by atoms with E-state index in [0.29, 0.717) is 12.1 Å². The zero-order chi connectivity index (χ0) is 14.4. The van der Waals surface area contributed by atoms with Gasteiger partial charge in [0.25, 0.3) is 0 Å². The maximum atomic E-state index is 5.98. The van der Waals surface area contributed by atoms with Gasteiger partial charge in [-0.1, -0.05) is 6.92 Å². The lowest BCUT2D eigenvalue weighted by Crippen LogP contribution is -2.51. The highest BCUT2D eigenvalue weighted by atomic mass is 16.5. The molecular weight excluding hydrogens is 252 g/mol. The van der Waals surface area contributed by atoms with E-state index in [4.69, 9.17) is 4.74 Å². The first-order valence-corrected chi connectivity index (χ1v) is 7.72. The molecule has 2 atom stereocenters. The summed E-state index contributed by atoms with van der Waals surface area (Å²) in [5.41, 5.74) is 1.28. The molecule has 2 rings (SSSR count). The molecule has 5 heteroatoms. The molecule has 0 bridgehead atoms. The normalized spacial score (nSPS) is 22.1. The van der Waals surface area contributed by atoms with Crippen LogP contribution < -0.4 is 5.32 Å². The zero-order valence-electron chi connectivity index (χ0n) is 13.0. The van der Waals surface area contributed by atoms with Crippen LogP contribution in [0.5, 0.6) is 0 Å². The number of likely N-dealkylation sites (N-methyl/N-ethyl adjacent to an activating group) is 1. The van der Waals surface area contributed by atoms with Crippen LogP contribution >= 0.6 is 0 Å². The lowest BCUT2D eigenvalue weighted by molar-refractivity contribution is -0.0464. The van der Waals surface area contributed by atoms with Gasteiger partial charge < -0.3 is 10.1 Å². The molecule has 1 aliphatic heterocycles. The fourth-order valence-corrected chi connectivity index (χ4v) is 2.96. The fraction of sp³-hybridized carbons (Fsp3) is 0.800. The Morgan fingerprint density at radius 3 is 3.05 bits per heavy atom. The molecule has 1 aromatic heterocycles. The van der Waals surface area contributed by atoms with Gasteiger partial charge in [0.2, 0.25) is 0 Å². The summed E-state index contributed by atoms with van der Waals surface area (Å²) in [5, 5.41) is 7.66. The predicted octanol–water partition coefficient (Wildman–Crippen LogP) is 1.05. The van der Waals surface area contributed by atoms with Crippen molar-refractivity contribution < 1.29 is 4.74 Å². The summed E-state index contributed by atoms with van der Waals surface area (Å²) < 4.78 is 7.94. The SMILES string of the molecule is CCCN1CCOC(C(CCc2ccnn2C)NC)C1. The van der Waals surface area contributed by atoms with Gasteiger partial charge in [0, 0.05) is 38.1 Å². The van der Waals surface area contributed by atoms with Crippen LogP contribution in [0, 0.1) is 0 Å². The zero-order valence-corrected chi connectivity index (χ0v) is 13.0. The van der Waals surface area contributed by atoms with E-state index < -0.39 is 0 Å². The third kappa shape index (κ3) is 4.04. The van der Waals surface area contributed by atoms with Crippen LogP contribution in [0.15, 0.2) is 12.3 Å². The lowest BCUT2D eigenvalue weighted by Gasteiger charge is -2.37. The Morgan fingerprint density at radius 1 is 1.55 bits per heavy atom. The molecule has 2 unspecified atom stereocenters. The van der Waals surface area contributed by atoms with E-state index >= 15 is 0 Å². The predicted molar refractivity (Wildman–Crippen MR) is 80.8 cm³/mol. The molecule has 1 aromatic rings. The number of rotatable bonds is 7. The first-order valence-electron chi connectivity index (χ1n) is 7.72. The molecule has 0 aromatic carbocycles. The molecule has 0 saturated carbocycles. The first-order chi connectivity index (χ1) is 9.74. The van der Waals surface area contributed by atoms with Gasteiger partial charge in [-0.2, -0.15) is 5.10 Å². The van der Waals surface area contributed by atoms with Crippen molar-refractivity contribution in [1.82, 2.24) is 20.0 Å². The van der Waals surface area contributed by atoms with Crippen molar-refractivity contribution in [3.05, 3.63) is 18.0 Å². The van der Waals surface area contributed by atoms with Gasteiger partial charge in [-0.15, -0.1) is 0 Å². The topological polar surface area (TPSA) is 42.3 Å². The average molecular weight is 280 g/mol. The average Bonchev–Trinajstić information content (AvgIpc) is 2.86. The minimum absolute atomic E-state index is 0.300. The third-order valence-corrected chi connectivity index (χ3v) is 4.17. The summed E-state index contributed by atoms with van der Waals surface area (Å²) in [7, 11) is 4.04. The fourth-order valence-electron chi connectivity index (χ4n) is 2.96. The molecule has 0 aliphatic carbocycles. The van der Waals surface area contributed by atoms with E-state index in [9.17, 15) is 0 Å².